The van der Waals surface area contributed by atoms with Crippen molar-refractivity contribution in [2.45, 2.75) is 33.4 Å². The van der Waals surface area contributed by atoms with Crippen molar-refractivity contribution in [1.82, 2.24) is 15.5 Å². The summed E-state index contributed by atoms with van der Waals surface area (Å²) in [6.45, 7) is 5.91. The number of hydrogen-bond donors (Lipinski definition) is 1. The van der Waals surface area contributed by atoms with E-state index in [1.54, 1.807) is 7.11 Å². The number of aryl methyl sites for hydroxylation is 1. The van der Waals surface area contributed by atoms with Gasteiger partial charge in [-0.3, -0.25) is 0 Å². The van der Waals surface area contributed by atoms with Crippen molar-refractivity contribution in [2.24, 2.45) is 0 Å². The zero-order valence-electron chi connectivity index (χ0n) is 12.7. The summed E-state index contributed by atoms with van der Waals surface area (Å²) in [4.78, 5) is 4.23. The molecule has 0 saturated carbocycles. The van der Waals surface area contributed by atoms with Gasteiger partial charge in [-0.2, -0.15) is 4.98 Å². The number of nitrogens with one attached hydrogen (secondary N) is 1. The van der Waals surface area contributed by atoms with E-state index in [9.17, 15) is 0 Å². The molecule has 1 aromatic carbocycles. The van der Waals surface area contributed by atoms with Crippen LogP contribution in [0.4, 0.5) is 0 Å². The monoisotopic (exact) mass is 291 g/mol. The Morgan fingerprint density at radius 1 is 1.29 bits per heavy atom. The second kappa shape index (κ2) is 7.64. The Kier molecular flexibility index (Phi) is 5.57. The van der Waals surface area contributed by atoms with E-state index in [1.165, 1.54) is 0 Å². The van der Waals surface area contributed by atoms with Crippen molar-refractivity contribution >= 4 is 0 Å². The first-order valence-electron chi connectivity index (χ1n) is 7.08. The Labute approximate surface area is 124 Å². The van der Waals surface area contributed by atoms with Crippen molar-refractivity contribution in [3.05, 3.63) is 35.5 Å². The minimum atomic E-state index is 0.262. The molecule has 1 heterocycles. The van der Waals surface area contributed by atoms with Crippen molar-refractivity contribution in [2.75, 3.05) is 13.7 Å². The second-order valence-electron chi connectivity index (χ2n) is 4.50. The number of rotatable bonds is 8. The van der Waals surface area contributed by atoms with E-state index in [2.05, 4.69) is 22.4 Å². The largest absolute Gasteiger partial charge is 0.497 e. The lowest BCUT2D eigenvalue weighted by Crippen LogP contribution is -2.13. The predicted octanol–water partition coefficient (Wildman–Crippen LogP) is 2.33. The molecular weight excluding hydrogens is 270 g/mol. The number of hydrogen-bond acceptors (Lipinski definition) is 6. The van der Waals surface area contributed by atoms with Gasteiger partial charge in [0.1, 0.15) is 11.5 Å². The molecule has 0 aliphatic heterocycles. The standard InChI is InChI=1S/C15H21N3O3/c1-4-14-17-15(21-18-14)10-20-13-7-6-12(19-3)8-11(13)9-16-5-2/h6-8,16H,4-5,9-10H2,1-3H3. The zero-order valence-corrected chi connectivity index (χ0v) is 12.7. The molecule has 0 amide bonds. The van der Waals surface area contributed by atoms with E-state index in [-0.39, 0.29) is 6.61 Å². The van der Waals surface area contributed by atoms with Crippen LogP contribution in [-0.2, 0) is 19.6 Å². The van der Waals surface area contributed by atoms with Crippen molar-refractivity contribution in [1.29, 1.82) is 0 Å². The second-order valence-corrected chi connectivity index (χ2v) is 4.50. The van der Waals surface area contributed by atoms with Gasteiger partial charge < -0.3 is 19.3 Å². The highest BCUT2D eigenvalue weighted by Crippen LogP contribution is 2.24. The number of benzene rings is 1. The zero-order chi connectivity index (χ0) is 15.1. The van der Waals surface area contributed by atoms with Crippen LogP contribution in [0, 0.1) is 0 Å². The summed E-state index contributed by atoms with van der Waals surface area (Å²) in [6.07, 6.45) is 0.748. The van der Waals surface area contributed by atoms with Crippen molar-refractivity contribution in [3.63, 3.8) is 0 Å². The van der Waals surface area contributed by atoms with Gasteiger partial charge >= 0.3 is 0 Å². The fraction of sp³-hybridized carbons (Fsp3) is 0.467. The average molecular weight is 291 g/mol. The lowest BCUT2D eigenvalue weighted by molar-refractivity contribution is 0.240. The first kappa shape index (κ1) is 15.3. The van der Waals surface area contributed by atoms with Gasteiger partial charge in [0.2, 0.25) is 0 Å². The van der Waals surface area contributed by atoms with Gasteiger partial charge in [0.05, 0.1) is 7.11 Å². The molecule has 0 unspecified atom stereocenters. The lowest BCUT2D eigenvalue weighted by atomic mass is 10.2. The molecule has 0 bridgehead atoms. The van der Waals surface area contributed by atoms with E-state index in [0.717, 1.165) is 30.0 Å². The first-order chi connectivity index (χ1) is 10.3. The number of aromatic nitrogens is 2. The highest BCUT2D eigenvalue weighted by Gasteiger charge is 2.09. The topological polar surface area (TPSA) is 69.4 Å². The van der Waals surface area contributed by atoms with E-state index >= 15 is 0 Å². The maximum absolute atomic E-state index is 5.79. The van der Waals surface area contributed by atoms with Crippen LogP contribution in [0.5, 0.6) is 11.5 Å². The SMILES string of the molecule is CCNCc1cc(OC)ccc1OCc1nc(CC)no1. The Hall–Kier alpha value is -2.08. The summed E-state index contributed by atoms with van der Waals surface area (Å²) in [5.41, 5.74) is 1.03. The minimum Gasteiger partial charge on any atom is -0.497 e. The van der Waals surface area contributed by atoms with E-state index in [0.29, 0.717) is 18.3 Å². The van der Waals surface area contributed by atoms with E-state index < -0.39 is 0 Å². The fourth-order valence-corrected chi connectivity index (χ4v) is 1.85. The predicted molar refractivity (Wildman–Crippen MR) is 78.4 cm³/mol. The normalized spacial score (nSPS) is 10.6. The smallest absolute Gasteiger partial charge is 0.264 e. The molecule has 0 radical (unpaired) electrons. The van der Waals surface area contributed by atoms with Gasteiger partial charge in [0.15, 0.2) is 12.4 Å². The molecule has 6 heteroatoms. The fourth-order valence-electron chi connectivity index (χ4n) is 1.85. The molecule has 0 aliphatic carbocycles. The Morgan fingerprint density at radius 3 is 2.81 bits per heavy atom. The van der Waals surface area contributed by atoms with Crippen LogP contribution in [0.1, 0.15) is 31.1 Å². The first-order valence-corrected chi connectivity index (χ1v) is 7.08. The third-order valence-electron chi connectivity index (χ3n) is 3.01. The van der Waals surface area contributed by atoms with Crippen LogP contribution in [0.3, 0.4) is 0 Å². The van der Waals surface area contributed by atoms with Crippen molar-refractivity contribution < 1.29 is 14.0 Å². The third kappa shape index (κ3) is 4.19. The molecule has 2 aromatic rings. The molecule has 0 atom stereocenters. The van der Waals surface area contributed by atoms with E-state index in [1.807, 2.05) is 25.1 Å². The molecule has 0 aliphatic rings. The molecule has 0 spiro atoms. The van der Waals surface area contributed by atoms with Gasteiger partial charge in [-0.15, -0.1) is 0 Å². The van der Waals surface area contributed by atoms with Crippen LogP contribution >= 0.6 is 0 Å². The maximum Gasteiger partial charge on any atom is 0.264 e. The molecule has 0 saturated heterocycles. The number of methoxy groups -OCH3 is 1. The van der Waals surface area contributed by atoms with Gasteiger partial charge in [-0.25, -0.2) is 0 Å². The van der Waals surface area contributed by atoms with Crippen LogP contribution in [0.25, 0.3) is 0 Å². The molecular formula is C15H21N3O3. The Bertz CT molecular complexity index is 569. The quantitative estimate of drug-likeness (QED) is 0.805. The van der Waals surface area contributed by atoms with Gasteiger partial charge in [0.25, 0.3) is 5.89 Å². The van der Waals surface area contributed by atoms with Crippen molar-refractivity contribution in [3.8, 4) is 11.5 Å². The summed E-state index contributed by atoms with van der Waals surface area (Å²) in [7, 11) is 1.65. The van der Waals surface area contributed by atoms with Crippen LogP contribution in [0.15, 0.2) is 22.7 Å². The summed E-state index contributed by atoms with van der Waals surface area (Å²) in [5, 5.41) is 7.13. The maximum atomic E-state index is 5.79. The minimum absolute atomic E-state index is 0.262. The van der Waals surface area contributed by atoms with Crippen LogP contribution in [0.2, 0.25) is 0 Å². The molecule has 1 aromatic heterocycles. The lowest BCUT2D eigenvalue weighted by Gasteiger charge is -2.12. The Morgan fingerprint density at radius 2 is 2.14 bits per heavy atom. The average Bonchev–Trinajstić information content (AvgIpc) is 2.99. The molecule has 6 nitrogen and oxygen atoms in total. The van der Waals surface area contributed by atoms with Gasteiger partial charge in [0, 0.05) is 18.5 Å². The summed E-state index contributed by atoms with van der Waals surface area (Å²) >= 11 is 0. The van der Waals surface area contributed by atoms with Crippen LogP contribution < -0.4 is 14.8 Å². The molecule has 21 heavy (non-hydrogen) atoms. The number of ether oxygens (including phenoxy) is 2. The third-order valence-corrected chi connectivity index (χ3v) is 3.01. The summed E-state index contributed by atoms with van der Waals surface area (Å²) < 4.78 is 16.1. The highest BCUT2D eigenvalue weighted by molar-refractivity contribution is 5.40. The van der Waals surface area contributed by atoms with Crippen LogP contribution in [-0.4, -0.2) is 23.8 Å². The molecule has 0 fully saturated rings. The molecule has 114 valence electrons. The molecule has 1 N–H and O–H groups in total. The Balaban J connectivity index is 2.06. The van der Waals surface area contributed by atoms with E-state index in [4.69, 9.17) is 14.0 Å². The van der Waals surface area contributed by atoms with Gasteiger partial charge in [-0.05, 0) is 24.7 Å². The number of nitrogens with zero attached hydrogens (tertiary/aromatic N) is 2. The highest BCUT2D eigenvalue weighted by atomic mass is 16.5. The van der Waals surface area contributed by atoms with Gasteiger partial charge in [-0.1, -0.05) is 19.0 Å². The summed E-state index contributed by atoms with van der Waals surface area (Å²) in [5.74, 6) is 2.77. The molecule has 2 rings (SSSR count). The summed E-state index contributed by atoms with van der Waals surface area (Å²) in [6, 6.07) is 5.72.